The molecule has 0 atom stereocenters. The minimum atomic E-state index is -1.55. The average molecular weight is 421 g/mol. The van der Waals surface area contributed by atoms with Crippen molar-refractivity contribution in [1.29, 1.82) is 0 Å². The third-order valence-corrected chi connectivity index (χ3v) is 4.81. The number of halogens is 4. The minimum Gasteiger partial charge on any atom is -0.496 e. The second-order valence-corrected chi connectivity index (χ2v) is 6.74. The van der Waals surface area contributed by atoms with Crippen LogP contribution in [0.1, 0.15) is 11.1 Å². The molecule has 1 aromatic heterocycles. The van der Waals surface area contributed by atoms with Crippen LogP contribution >= 0.6 is 11.8 Å². The van der Waals surface area contributed by atoms with Gasteiger partial charge in [0.25, 0.3) is 0 Å². The maximum absolute atomic E-state index is 13.6. The van der Waals surface area contributed by atoms with Crippen LogP contribution in [0.2, 0.25) is 0 Å². The summed E-state index contributed by atoms with van der Waals surface area (Å²) in [6.45, 7) is 0. The fraction of sp³-hybridized carbons (Fsp3) is 0.100. The third-order valence-electron chi connectivity index (χ3n) is 3.82. The molecule has 29 heavy (non-hydrogen) atoms. The zero-order valence-corrected chi connectivity index (χ0v) is 15.9. The topological polar surface area (TPSA) is 46.5 Å². The van der Waals surface area contributed by atoms with E-state index in [9.17, 15) is 17.6 Å². The van der Waals surface area contributed by atoms with Crippen LogP contribution in [0.3, 0.4) is 0 Å². The first-order valence-electron chi connectivity index (χ1n) is 8.32. The first-order valence-corrected chi connectivity index (χ1v) is 9.31. The lowest BCUT2D eigenvalue weighted by Crippen LogP contribution is -2.03. The van der Waals surface area contributed by atoms with Gasteiger partial charge in [0.15, 0.2) is 23.3 Å². The quantitative estimate of drug-likeness (QED) is 0.183. The van der Waals surface area contributed by atoms with Gasteiger partial charge in [-0.2, -0.15) is 5.10 Å². The molecule has 0 aliphatic carbocycles. The van der Waals surface area contributed by atoms with E-state index in [1.807, 2.05) is 23.6 Å². The van der Waals surface area contributed by atoms with Crippen molar-refractivity contribution in [2.24, 2.45) is 5.10 Å². The van der Waals surface area contributed by atoms with Crippen LogP contribution < -0.4 is 10.2 Å². The molecule has 0 aliphatic rings. The molecule has 9 heteroatoms. The molecule has 0 spiro atoms. The summed E-state index contributed by atoms with van der Waals surface area (Å²) >= 11 is 1.51. The number of nitrogens with zero attached hydrogens (tertiary/aromatic N) is 2. The third kappa shape index (κ3) is 5.05. The van der Waals surface area contributed by atoms with E-state index < -0.39 is 29.0 Å². The van der Waals surface area contributed by atoms with Crippen LogP contribution in [0, 0.1) is 23.3 Å². The van der Waals surface area contributed by atoms with Crippen molar-refractivity contribution in [3.8, 4) is 5.75 Å². The highest BCUT2D eigenvalue weighted by molar-refractivity contribution is 7.98. The van der Waals surface area contributed by atoms with Gasteiger partial charge in [-0.1, -0.05) is 6.07 Å². The molecule has 0 saturated carbocycles. The summed E-state index contributed by atoms with van der Waals surface area (Å²) in [7, 11) is 1.55. The van der Waals surface area contributed by atoms with Gasteiger partial charge in [-0.25, -0.2) is 22.5 Å². The normalized spacial score (nSPS) is 11.1. The Kier molecular flexibility index (Phi) is 6.71. The molecular weight excluding hydrogens is 406 g/mol. The zero-order valence-electron chi connectivity index (χ0n) is 15.1. The number of pyridine rings is 1. The Morgan fingerprint density at radius 3 is 2.48 bits per heavy atom. The average Bonchev–Trinajstić information content (AvgIpc) is 2.74. The lowest BCUT2D eigenvalue weighted by atomic mass is 10.1. The van der Waals surface area contributed by atoms with Crippen LogP contribution in [0.25, 0.3) is 0 Å². The van der Waals surface area contributed by atoms with Gasteiger partial charge in [-0.15, -0.1) is 11.8 Å². The van der Waals surface area contributed by atoms with Crippen LogP contribution in [-0.2, 0) is 5.75 Å². The zero-order chi connectivity index (χ0) is 20.8. The van der Waals surface area contributed by atoms with Crippen molar-refractivity contribution in [1.82, 2.24) is 4.98 Å². The highest BCUT2D eigenvalue weighted by Crippen LogP contribution is 2.28. The predicted octanol–water partition coefficient (Wildman–Crippen LogP) is 5.38. The highest BCUT2D eigenvalue weighted by atomic mass is 32.2. The summed E-state index contributed by atoms with van der Waals surface area (Å²) in [5.41, 5.74) is 2.45. The van der Waals surface area contributed by atoms with Crippen LogP contribution in [0.4, 0.5) is 23.2 Å². The van der Waals surface area contributed by atoms with Gasteiger partial charge >= 0.3 is 0 Å². The van der Waals surface area contributed by atoms with Gasteiger partial charge in [-0.3, -0.25) is 5.43 Å². The summed E-state index contributed by atoms with van der Waals surface area (Å²) in [5.74, 6) is -4.91. The summed E-state index contributed by atoms with van der Waals surface area (Å²) < 4.78 is 59.1. The summed E-state index contributed by atoms with van der Waals surface area (Å²) in [6.07, 6.45) is 2.97. The molecule has 0 bridgehead atoms. The largest absolute Gasteiger partial charge is 0.496 e. The molecule has 0 unspecified atom stereocenters. The Labute approximate surface area is 168 Å². The van der Waals surface area contributed by atoms with Crippen molar-refractivity contribution in [2.45, 2.75) is 10.8 Å². The van der Waals surface area contributed by atoms with E-state index in [0.29, 0.717) is 17.1 Å². The van der Waals surface area contributed by atoms with E-state index in [4.69, 9.17) is 4.74 Å². The maximum atomic E-state index is 13.6. The van der Waals surface area contributed by atoms with Crippen LogP contribution in [0.15, 0.2) is 58.8 Å². The molecular formula is C20H15F4N3OS. The molecule has 0 radical (unpaired) electrons. The molecule has 0 amide bonds. The van der Waals surface area contributed by atoms with Crippen molar-refractivity contribution in [3.05, 3.63) is 83.1 Å². The molecule has 0 saturated heterocycles. The molecule has 150 valence electrons. The van der Waals surface area contributed by atoms with Crippen molar-refractivity contribution < 1.29 is 22.3 Å². The Morgan fingerprint density at radius 1 is 1.07 bits per heavy atom. The lowest BCUT2D eigenvalue weighted by Gasteiger charge is -2.09. The van der Waals surface area contributed by atoms with E-state index in [1.54, 1.807) is 31.5 Å². The standard InChI is InChI=1S/C20H15F4N3OS/c1-28-16-6-5-12(8-13(16)11-29-17-4-2-3-7-25-17)10-26-27-20-18(23)14(21)9-15(22)19(20)24/h2-10,27H,11H2,1H3/b26-10+. The molecule has 3 aromatic rings. The number of methoxy groups -OCH3 is 1. The Balaban J connectivity index is 1.76. The number of anilines is 1. The first kappa shape index (κ1) is 20.7. The van der Waals surface area contributed by atoms with Gasteiger partial charge in [0.2, 0.25) is 0 Å². The van der Waals surface area contributed by atoms with Gasteiger partial charge in [0.05, 0.1) is 18.4 Å². The molecule has 4 nitrogen and oxygen atoms in total. The van der Waals surface area contributed by atoms with Gasteiger partial charge in [0.1, 0.15) is 11.4 Å². The Hall–Kier alpha value is -3.07. The molecule has 1 N–H and O–H groups in total. The summed E-state index contributed by atoms with van der Waals surface area (Å²) in [4.78, 5) is 4.24. The SMILES string of the molecule is COc1ccc(/C=N/Nc2c(F)c(F)cc(F)c2F)cc1CSc1ccccn1. The van der Waals surface area contributed by atoms with Crippen LogP contribution in [-0.4, -0.2) is 18.3 Å². The number of hydrazone groups is 1. The Bertz CT molecular complexity index is 1010. The minimum absolute atomic E-state index is 0.134. The monoisotopic (exact) mass is 421 g/mol. The molecule has 0 fully saturated rings. The van der Waals surface area contributed by atoms with Gasteiger partial charge < -0.3 is 4.74 Å². The number of aromatic nitrogens is 1. The second-order valence-electron chi connectivity index (χ2n) is 5.74. The van der Waals surface area contributed by atoms with Crippen molar-refractivity contribution >= 4 is 23.7 Å². The number of rotatable bonds is 7. The van der Waals surface area contributed by atoms with E-state index in [-0.39, 0.29) is 6.07 Å². The fourth-order valence-corrected chi connectivity index (χ4v) is 3.26. The number of benzene rings is 2. The van der Waals surface area contributed by atoms with Gasteiger partial charge in [-0.05, 0) is 35.9 Å². The molecule has 3 rings (SSSR count). The first-order chi connectivity index (χ1) is 14.0. The fourth-order valence-electron chi connectivity index (χ4n) is 2.42. The summed E-state index contributed by atoms with van der Waals surface area (Å²) in [6, 6.07) is 10.9. The number of nitrogens with one attached hydrogen (secondary N) is 1. The molecule has 2 aromatic carbocycles. The van der Waals surface area contributed by atoms with Crippen molar-refractivity contribution in [2.75, 3.05) is 12.5 Å². The predicted molar refractivity (Wildman–Crippen MR) is 104 cm³/mol. The van der Waals surface area contributed by atoms with E-state index in [1.165, 1.54) is 18.0 Å². The molecule has 0 aliphatic heterocycles. The lowest BCUT2D eigenvalue weighted by molar-refractivity contribution is 0.411. The maximum Gasteiger partial charge on any atom is 0.186 e. The highest BCUT2D eigenvalue weighted by Gasteiger charge is 2.18. The van der Waals surface area contributed by atoms with E-state index in [2.05, 4.69) is 10.1 Å². The van der Waals surface area contributed by atoms with E-state index in [0.717, 1.165) is 10.6 Å². The number of thioether (sulfide) groups is 1. The Morgan fingerprint density at radius 2 is 1.83 bits per heavy atom. The number of hydrogen-bond acceptors (Lipinski definition) is 5. The van der Waals surface area contributed by atoms with Crippen molar-refractivity contribution in [3.63, 3.8) is 0 Å². The number of ether oxygens (including phenoxy) is 1. The summed E-state index contributed by atoms with van der Waals surface area (Å²) in [5, 5.41) is 4.52. The van der Waals surface area contributed by atoms with Gasteiger partial charge in [0, 0.05) is 23.6 Å². The van der Waals surface area contributed by atoms with E-state index >= 15 is 0 Å². The second kappa shape index (κ2) is 9.42. The number of hydrogen-bond donors (Lipinski definition) is 1. The van der Waals surface area contributed by atoms with Crippen LogP contribution in [0.5, 0.6) is 5.75 Å². The smallest absolute Gasteiger partial charge is 0.186 e. The molecule has 1 heterocycles.